The van der Waals surface area contributed by atoms with Gasteiger partial charge in [-0.05, 0) is 31.0 Å². The molecule has 0 atom stereocenters. The van der Waals surface area contributed by atoms with Crippen molar-refractivity contribution in [3.63, 3.8) is 0 Å². The first-order chi connectivity index (χ1) is 11.2. The lowest BCUT2D eigenvalue weighted by Gasteiger charge is -2.08. The molecule has 1 fully saturated rings. The number of carbonyl (C=O) groups excluding carboxylic acids is 1. The Morgan fingerprint density at radius 2 is 2.26 bits per heavy atom. The minimum atomic E-state index is -0.140. The van der Waals surface area contributed by atoms with Crippen molar-refractivity contribution in [3.05, 3.63) is 52.0 Å². The minimum Gasteiger partial charge on any atom is -0.321 e. The van der Waals surface area contributed by atoms with Crippen molar-refractivity contribution in [3.8, 4) is 5.69 Å². The number of aromatic nitrogens is 4. The Bertz CT molecular complexity index is 857. The topological polar surface area (TPSA) is 72.7 Å². The van der Waals surface area contributed by atoms with E-state index in [4.69, 9.17) is 11.6 Å². The third-order valence-electron chi connectivity index (χ3n) is 3.64. The maximum atomic E-state index is 12.4. The molecular formula is C15H12ClN5OS. The molecule has 1 aromatic carbocycles. The van der Waals surface area contributed by atoms with Gasteiger partial charge < -0.3 is 5.32 Å². The van der Waals surface area contributed by atoms with Gasteiger partial charge in [0.2, 0.25) is 0 Å². The van der Waals surface area contributed by atoms with E-state index >= 15 is 0 Å². The number of nitrogens with zero attached hydrogens (tertiary/aromatic N) is 4. The molecule has 1 aliphatic rings. The Hall–Kier alpha value is -2.25. The maximum Gasteiger partial charge on any atom is 0.267 e. The van der Waals surface area contributed by atoms with Crippen LogP contribution in [0.15, 0.2) is 36.4 Å². The van der Waals surface area contributed by atoms with E-state index in [2.05, 4.69) is 20.4 Å². The quantitative estimate of drug-likeness (QED) is 0.785. The first-order valence-corrected chi connectivity index (χ1v) is 8.37. The molecule has 4 rings (SSSR count). The molecule has 1 aliphatic carbocycles. The average Bonchev–Trinajstić information content (AvgIpc) is 3.03. The lowest BCUT2D eigenvalue weighted by molar-refractivity contribution is 0.102. The Morgan fingerprint density at radius 1 is 1.39 bits per heavy atom. The summed E-state index contributed by atoms with van der Waals surface area (Å²) in [6.07, 6.45) is 5.23. The third kappa shape index (κ3) is 2.85. The van der Waals surface area contributed by atoms with Crippen molar-refractivity contribution < 1.29 is 4.79 Å². The van der Waals surface area contributed by atoms with E-state index in [1.54, 1.807) is 34.7 Å². The second-order valence-corrected chi connectivity index (χ2v) is 6.56. The van der Waals surface area contributed by atoms with Crippen LogP contribution in [0.5, 0.6) is 0 Å². The summed E-state index contributed by atoms with van der Waals surface area (Å²) < 4.78 is 1.57. The summed E-state index contributed by atoms with van der Waals surface area (Å²) in [5, 5.41) is 7.41. The van der Waals surface area contributed by atoms with Crippen LogP contribution >= 0.6 is 22.9 Å². The van der Waals surface area contributed by atoms with Crippen LogP contribution in [0, 0.1) is 0 Å². The Balaban J connectivity index is 1.56. The molecule has 1 N–H and O–H groups in total. The number of hydrogen-bond donors (Lipinski definition) is 1. The Morgan fingerprint density at radius 3 is 2.96 bits per heavy atom. The summed E-state index contributed by atoms with van der Waals surface area (Å²) in [6.45, 7) is 0. The lowest BCUT2D eigenvalue weighted by Crippen LogP contribution is -2.12. The van der Waals surface area contributed by atoms with Gasteiger partial charge in [-0.15, -0.1) is 11.3 Å². The fourth-order valence-corrected chi connectivity index (χ4v) is 3.40. The maximum absolute atomic E-state index is 12.4. The molecule has 1 amide bonds. The average molecular weight is 346 g/mol. The SMILES string of the molecule is O=C(Nc1ccc(-n2cncn2)c(Cl)c1)c1scnc1C1CC1. The standard InChI is InChI=1S/C15H12ClN5OS/c16-11-5-10(3-4-12(11)21-7-17-6-19-21)20-15(22)14-13(9-1-2-9)18-8-23-14/h3-9H,1-2H2,(H,20,22). The van der Waals surface area contributed by atoms with Crippen molar-refractivity contribution in [2.45, 2.75) is 18.8 Å². The zero-order valence-corrected chi connectivity index (χ0v) is 13.5. The summed E-state index contributed by atoms with van der Waals surface area (Å²) in [7, 11) is 0. The molecular weight excluding hydrogens is 334 g/mol. The van der Waals surface area contributed by atoms with Gasteiger partial charge in [-0.1, -0.05) is 11.6 Å². The molecule has 2 aromatic heterocycles. The molecule has 2 heterocycles. The van der Waals surface area contributed by atoms with E-state index in [-0.39, 0.29) is 5.91 Å². The van der Waals surface area contributed by atoms with Gasteiger partial charge >= 0.3 is 0 Å². The van der Waals surface area contributed by atoms with Gasteiger partial charge in [0.25, 0.3) is 5.91 Å². The van der Waals surface area contributed by atoms with Crippen LogP contribution in [-0.2, 0) is 0 Å². The van der Waals surface area contributed by atoms with Crippen LogP contribution < -0.4 is 5.32 Å². The smallest absolute Gasteiger partial charge is 0.267 e. The highest BCUT2D eigenvalue weighted by Crippen LogP contribution is 2.41. The summed E-state index contributed by atoms with van der Waals surface area (Å²) in [5.74, 6) is 0.305. The second-order valence-electron chi connectivity index (χ2n) is 5.30. The van der Waals surface area contributed by atoms with E-state index in [0.717, 1.165) is 18.5 Å². The van der Waals surface area contributed by atoms with E-state index in [9.17, 15) is 4.79 Å². The van der Waals surface area contributed by atoms with Gasteiger partial charge in [-0.3, -0.25) is 4.79 Å². The number of nitrogens with one attached hydrogen (secondary N) is 1. The van der Waals surface area contributed by atoms with Crippen LogP contribution in [0.1, 0.15) is 34.1 Å². The molecule has 23 heavy (non-hydrogen) atoms. The normalized spacial score (nSPS) is 14.0. The van der Waals surface area contributed by atoms with Crippen molar-refractivity contribution >= 4 is 34.5 Å². The van der Waals surface area contributed by atoms with Gasteiger partial charge in [-0.25, -0.2) is 14.6 Å². The van der Waals surface area contributed by atoms with Crippen LogP contribution in [0.25, 0.3) is 5.69 Å². The van der Waals surface area contributed by atoms with Crippen molar-refractivity contribution in [2.24, 2.45) is 0 Å². The zero-order valence-electron chi connectivity index (χ0n) is 11.9. The molecule has 0 saturated heterocycles. The van der Waals surface area contributed by atoms with Gasteiger partial charge in [-0.2, -0.15) is 5.10 Å². The first-order valence-electron chi connectivity index (χ1n) is 7.11. The predicted molar refractivity (Wildman–Crippen MR) is 88.4 cm³/mol. The fraction of sp³-hybridized carbons (Fsp3) is 0.200. The molecule has 6 nitrogen and oxygen atoms in total. The highest BCUT2D eigenvalue weighted by atomic mass is 35.5. The van der Waals surface area contributed by atoms with Crippen molar-refractivity contribution in [1.29, 1.82) is 0 Å². The second kappa shape index (κ2) is 5.75. The molecule has 0 aliphatic heterocycles. The summed E-state index contributed by atoms with van der Waals surface area (Å²) in [5.41, 5.74) is 3.99. The molecule has 1 saturated carbocycles. The van der Waals surface area contributed by atoms with Crippen LogP contribution in [0.4, 0.5) is 5.69 Å². The van der Waals surface area contributed by atoms with Gasteiger partial charge in [0.1, 0.15) is 17.5 Å². The molecule has 3 aromatic rings. The summed E-state index contributed by atoms with van der Waals surface area (Å²) in [6, 6.07) is 5.29. The number of halogens is 1. The molecule has 0 radical (unpaired) electrons. The first kappa shape index (κ1) is 14.3. The number of hydrogen-bond acceptors (Lipinski definition) is 5. The summed E-state index contributed by atoms with van der Waals surface area (Å²) in [4.78, 5) is 21.3. The highest BCUT2D eigenvalue weighted by Gasteiger charge is 2.30. The van der Waals surface area contributed by atoms with Gasteiger partial charge in [0, 0.05) is 11.6 Å². The lowest BCUT2D eigenvalue weighted by atomic mass is 10.2. The zero-order chi connectivity index (χ0) is 15.8. The van der Waals surface area contributed by atoms with E-state index in [1.165, 1.54) is 17.7 Å². The fourth-order valence-electron chi connectivity index (χ4n) is 2.36. The molecule has 0 spiro atoms. The van der Waals surface area contributed by atoms with E-state index in [1.807, 2.05) is 0 Å². The van der Waals surface area contributed by atoms with Gasteiger partial charge in [0.15, 0.2) is 0 Å². The van der Waals surface area contributed by atoms with Gasteiger partial charge in [0.05, 0.1) is 21.9 Å². The number of rotatable bonds is 4. The van der Waals surface area contributed by atoms with E-state index < -0.39 is 0 Å². The number of carbonyl (C=O) groups is 1. The summed E-state index contributed by atoms with van der Waals surface area (Å²) >= 11 is 7.64. The van der Waals surface area contributed by atoms with Crippen molar-refractivity contribution in [2.75, 3.05) is 5.32 Å². The molecule has 116 valence electrons. The number of thiazole rings is 1. The minimum absolute atomic E-state index is 0.140. The van der Waals surface area contributed by atoms with Crippen molar-refractivity contribution in [1.82, 2.24) is 19.7 Å². The highest BCUT2D eigenvalue weighted by molar-refractivity contribution is 7.12. The third-order valence-corrected chi connectivity index (χ3v) is 4.78. The van der Waals surface area contributed by atoms with Crippen LogP contribution in [0.3, 0.4) is 0 Å². The monoisotopic (exact) mass is 345 g/mol. The van der Waals surface area contributed by atoms with E-state index in [0.29, 0.717) is 27.2 Å². The number of anilines is 1. The van der Waals surface area contributed by atoms with Crippen LogP contribution in [-0.4, -0.2) is 25.7 Å². The molecule has 0 bridgehead atoms. The Kier molecular flexibility index (Phi) is 3.59. The molecule has 0 unspecified atom stereocenters. The Labute approximate surface area is 141 Å². The predicted octanol–water partition coefficient (Wildman–Crippen LogP) is 3.51. The number of benzene rings is 1. The van der Waals surface area contributed by atoms with Crippen LogP contribution in [0.2, 0.25) is 5.02 Å². The number of amides is 1. The largest absolute Gasteiger partial charge is 0.321 e. The molecule has 8 heteroatoms.